The molecule has 1 amide bonds. The minimum Gasteiger partial charge on any atom is -0.377 e. The second kappa shape index (κ2) is 9.38. The maximum atomic E-state index is 12.4. The number of piperidine rings is 1. The molecular weight excluding hydrogens is 402 g/mol. The quantitative estimate of drug-likeness (QED) is 0.599. The van der Waals surface area contributed by atoms with E-state index in [-0.39, 0.29) is 17.4 Å². The molecule has 2 aromatic heterocycles. The zero-order chi connectivity index (χ0) is 21.8. The topological polar surface area (TPSA) is 83.1 Å². The van der Waals surface area contributed by atoms with Crippen molar-refractivity contribution in [3.05, 3.63) is 60.2 Å². The Morgan fingerprint density at radius 3 is 2.84 bits per heavy atom. The molecule has 3 aromatic rings. The minimum atomic E-state index is 0.0905. The van der Waals surface area contributed by atoms with Gasteiger partial charge in [-0.25, -0.2) is 4.98 Å². The van der Waals surface area contributed by atoms with Crippen molar-refractivity contribution < 1.29 is 9.53 Å². The van der Waals surface area contributed by atoms with Crippen molar-refractivity contribution in [3.63, 3.8) is 0 Å². The van der Waals surface area contributed by atoms with E-state index in [0.717, 1.165) is 67.9 Å². The predicted molar refractivity (Wildman–Crippen MR) is 123 cm³/mol. The van der Waals surface area contributed by atoms with Crippen molar-refractivity contribution in [2.75, 3.05) is 32.8 Å². The van der Waals surface area contributed by atoms with Crippen LogP contribution in [-0.2, 0) is 22.4 Å². The number of carbonyl (C=O) groups excluding carboxylic acids is 1. The molecule has 1 unspecified atom stereocenters. The van der Waals surface area contributed by atoms with Gasteiger partial charge in [-0.2, -0.15) is 0 Å². The number of aromatic amines is 1. The van der Waals surface area contributed by atoms with Gasteiger partial charge in [0.1, 0.15) is 5.82 Å². The van der Waals surface area contributed by atoms with Crippen LogP contribution in [0.3, 0.4) is 0 Å². The molecule has 168 valence electrons. The zero-order valence-electron chi connectivity index (χ0n) is 18.4. The molecule has 0 saturated carbocycles. The highest BCUT2D eigenvalue weighted by Gasteiger charge is 2.42. The third-order valence-corrected chi connectivity index (χ3v) is 6.86. The van der Waals surface area contributed by atoms with Crippen LogP contribution in [0, 0.1) is 5.41 Å². The fraction of sp³-hybridized carbons (Fsp3) is 0.480. The lowest BCUT2D eigenvalue weighted by molar-refractivity contribution is -0.122. The van der Waals surface area contributed by atoms with E-state index in [1.54, 1.807) is 0 Å². The Bertz CT molecular complexity index is 1010. The lowest BCUT2D eigenvalue weighted by Gasteiger charge is -2.38. The van der Waals surface area contributed by atoms with Gasteiger partial charge in [-0.1, -0.05) is 18.2 Å². The maximum Gasteiger partial charge on any atom is 0.234 e. The van der Waals surface area contributed by atoms with Crippen LogP contribution in [0.2, 0.25) is 0 Å². The molecule has 0 radical (unpaired) electrons. The third-order valence-electron chi connectivity index (χ3n) is 6.86. The van der Waals surface area contributed by atoms with Crippen LogP contribution in [0.5, 0.6) is 0 Å². The van der Waals surface area contributed by atoms with Crippen LogP contribution in [-0.4, -0.2) is 64.6 Å². The first-order chi connectivity index (χ1) is 15.7. The normalized spacial score (nSPS) is 20.7. The Morgan fingerprint density at radius 2 is 2.03 bits per heavy atom. The van der Waals surface area contributed by atoms with Gasteiger partial charge in [-0.05, 0) is 62.0 Å². The summed E-state index contributed by atoms with van der Waals surface area (Å²) in [7, 11) is 0. The van der Waals surface area contributed by atoms with Gasteiger partial charge < -0.3 is 15.0 Å². The molecule has 1 aromatic carbocycles. The average Bonchev–Trinajstić information content (AvgIpc) is 3.40. The lowest BCUT2D eigenvalue weighted by Crippen LogP contribution is -2.45. The first-order valence-electron chi connectivity index (χ1n) is 11.6. The molecule has 2 aliphatic rings. The van der Waals surface area contributed by atoms with Crippen molar-refractivity contribution in [3.8, 4) is 0 Å². The number of para-hydroxylation sites is 2. The standard InChI is InChI=1S/C25H31N5O2/c31-24(27-12-8-23-28-21-6-1-2-7-22(21)29-23)17-30-13-9-25(10-14-30)16-20(32-18-25)15-19-5-3-4-11-26-19/h1-7,11,20H,8-10,12-18H2,(H,27,31)(H,28,29). The van der Waals surface area contributed by atoms with Gasteiger partial charge in [0, 0.05) is 31.3 Å². The van der Waals surface area contributed by atoms with Gasteiger partial charge in [0.2, 0.25) is 5.91 Å². The van der Waals surface area contributed by atoms with Gasteiger partial charge in [0.25, 0.3) is 0 Å². The highest BCUT2D eigenvalue weighted by molar-refractivity contribution is 5.78. The molecule has 0 bridgehead atoms. The molecule has 5 rings (SSSR count). The molecule has 4 heterocycles. The van der Waals surface area contributed by atoms with Gasteiger partial charge in [0.15, 0.2) is 0 Å². The number of fused-ring (bicyclic) bond motifs is 1. The van der Waals surface area contributed by atoms with Gasteiger partial charge in [-0.3, -0.25) is 14.7 Å². The number of aromatic nitrogens is 3. The first-order valence-corrected chi connectivity index (χ1v) is 11.6. The van der Waals surface area contributed by atoms with Crippen molar-refractivity contribution in [2.45, 2.75) is 38.2 Å². The second-order valence-corrected chi connectivity index (χ2v) is 9.24. The molecule has 7 nitrogen and oxygen atoms in total. The van der Waals surface area contributed by atoms with E-state index in [9.17, 15) is 4.79 Å². The number of amides is 1. The number of nitrogens with one attached hydrogen (secondary N) is 2. The van der Waals surface area contributed by atoms with E-state index >= 15 is 0 Å². The van der Waals surface area contributed by atoms with Crippen LogP contribution < -0.4 is 5.32 Å². The Labute approximate surface area is 188 Å². The van der Waals surface area contributed by atoms with Crippen molar-refractivity contribution >= 4 is 16.9 Å². The van der Waals surface area contributed by atoms with E-state index in [1.165, 1.54) is 0 Å². The number of H-pyrrole nitrogens is 1. The van der Waals surface area contributed by atoms with Gasteiger partial charge in [-0.15, -0.1) is 0 Å². The van der Waals surface area contributed by atoms with Crippen LogP contribution >= 0.6 is 0 Å². The summed E-state index contributed by atoms with van der Waals surface area (Å²) in [4.78, 5) is 27.0. The summed E-state index contributed by atoms with van der Waals surface area (Å²) < 4.78 is 6.14. The summed E-state index contributed by atoms with van der Waals surface area (Å²) in [5.74, 6) is 1.00. The number of rotatable bonds is 7. The molecule has 7 heteroatoms. The van der Waals surface area contributed by atoms with Gasteiger partial charge in [0.05, 0.1) is 30.3 Å². The Hall–Kier alpha value is -2.77. The highest BCUT2D eigenvalue weighted by atomic mass is 16.5. The lowest BCUT2D eigenvalue weighted by atomic mass is 9.76. The van der Waals surface area contributed by atoms with E-state index in [0.29, 0.717) is 19.5 Å². The smallest absolute Gasteiger partial charge is 0.234 e. The van der Waals surface area contributed by atoms with E-state index < -0.39 is 0 Å². The molecular formula is C25H31N5O2. The summed E-state index contributed by atoms with van der Waals surface area (Å²) in [5.41, 5.74) is 3.38. The Kier molecular flexibility index (Phi) is 6.19. The number of ether oxygens (including phenoxy) is 1. The number of benzene rings is 1. The minimum absolute atomic E-state index is 0.0905. The molecule has 1 spiro atoms. The number of hydrogen-bond acceptors (Lipinski definition) is 5. The number of carbonyl (C=O) groups is 1. The summed E-state index contributed by atoms with van der Waals surface area (Å²) in [5, 5.41) is 3.05. The third kappa shape index (κ3) is 5.00. The fourth-order valence-corrected chi connectivity index (χ4v) is 5.02. The molecule has 0 aliphatic carbocycles. The molecule has 2 aliphatic heterocycles. The molecule has 2 fully saturated rings. The molecule has 1 atom stereocenters. The zero-order valence-corrected chi connectivity index (χ0v) is 18.4. The highest BCUT2D eigenvalue weighted by Crippen LogP contribution is 2.42. The number of imidazole rings is 1. The van der Waals surface area contributed by atoms with E-state index in [4.69, 9.17) is 4.74 Å². The number of likely N-dealkylation sites (tertiary alicyclic amines) is 1. The van der Waals surface area contributed by atoms with E-state index in [2.05, 4.69) is 31.2 Å². The fourth-order valence-electron chi connectivity index (χ4n) is 5.02. The summed E-state index contributed by atoms with van der Waals surface area (Å²) in [6.07, 6.45) is 6.99. The summed E-state index contributed by atoms with van der Waals surface area (Å²) >= 11 is 0. The second-order valence-electron chi connectivity index (χ2n) is 9.24. The van der Waals surface area contributed by atoms with Gasteiger partial charge >= 0.3 is 0 Å². The largest absolute Gasteiger partial charge is 0.377 e. The average molecular weight is 434 g/mol. The Morgan fingerprint density at radius 1 is 1.19 bits per heavy atom. The Balaban J connectivity index is 1.03. The van der Waals surface area contributed by atoms with Crippen molar-refractivity contribution in [2.24, 2.45) is 5.41 Å². The monoisotopic (exact) mass is 433 g/mol. The SMILES string of the molecule is O=C(CN1CCC2(CC1)COC(Cc1ccccn1)C2)NCCc1nc2ccccc2[nH]1. The van der Waals surface area contributed by atoms with Crippen LogP contribution in [0.1, 0.15) is 30.8 Å². The van der Waals surface area contributed by atoms with Crippen LogP contribution in [0.15, 0.2) is 48.7 Å². The van der Waals surface area contributed by atoms with Crippen molar-refractivity contribution in [1.29, 1.82) is 0 Å². The van der Waals surface area contributed by atoms with Crippen LogP contribution in [0.4, 0.5) is 0 Å². The molecule has 32 heavy (non-hydrogen) atoms. The number of hydrogen-bond donors (Lipinski definition) is 2. The summed E-state index contributed by atoms with van der Waals surface area (Å²) in [6.45, 7) is 3.81. The molecule has 2 N–H and O–H groups in total. The number of pyridine rings is 1. The predicted octanol–water partition coefficient (Wildman–Crippen LogP) is 2.73. The van der Waals surface area contributed by atoms with Crippen molar-refractivity contribution in [1.82, 2.24) is 25.2 Å². The maximum absolute atomic E-state index is 12.4. The van der Waals surface area contributed by atoms with Crippen LogP contribution in [0.25, 0.3) is 11.0 Å². The van der Waals surface area contributed by atoms with E-state index in [1.807, 2.05) is 42.6 Å². The first kappa shape index (κ1) is 21.1. The molecule has 2 saturated heterocycles. The summed E-state index contributed by atoms with van der Waals surface area (Å²) in [6, 6.07) is 14.0. The number of nitrogens with zero attached hydrogens (tertiary/aromatic N) is 3.